The molecule has 0 spiro atoms. The van der Waals surface area contributed by atoms with Crippen molar-refractivity contribution in [3.8, 4) is 0 Å². The van der Waals surface area contributed by atoms with Gasteiger partial charge in [0.05, 0.1) is 0 Å². The van der Waals surface area contributed by atoms with Crippen molar-refractivity contribution in [3.63, 3.8) is 0 Å². The van der Waals surface area contributed by atoms with Crippen molar-refractivity contribution in [2.45, 2.75) is 39.3 Å². The monoisotopic (exact) mass is 277 g/mol. The van der Waals surface area contributed by atoms with Crippen LogP contribution in [-0.4, -0.2) is 26.7 Å². The Morgan fingerprint density at radius 2 is 2.35 bits per heavy atom. The van der Waals surface area contributed by atoms with Gasteiger partial charge in [0.2, 0.25) is 0 Å². The molecule has 1 aliphatic carbocycles. The van der Waals surface area contributed by atoms with Gasteiger partial charge in [-0.05, 0) is 18.3 Å². The second kappa shape index (κ2) is 5.48. The summed E-state index contributed by atoms with van der Waals surface area (Å²) in [7, 11) is 0. The van der Waals surface area contributed by atoms with Crippen LogP contribution >= 0.6 is 0 Å². The highest BCUT2D eigenvalue weighted by Gasteiger charge is 2.22. The van der Waals surface area contributed by atoms with Gasteiger partial charge in [-0.2, -0.15) is 0 Å². The van der Waals surface area contributed by atoms with Crippen LogP contribution in [0, 0.1) is 5.41 Å². The molecule has 2 rings (SSSR count). The van der Waals surface area contributed by atoms with E-state index in [0.717, 1.165) is 17.4 Å². The smallest absolute Gasteiger partial charge is 0.323 e. The van der Waals surface area contributed by atoms with Gasteiger partial charge in [0.25, 0.3) is 5.56 Å². The van der Waals surface area contributed by atoms with Gasteiger partial charge in [0.15, 0.2) is 5.82 Å². The zero-order chi connectivity index (χ0) is 14.8. The fraction of sp³-hybridized carbons (Fsp3) is 0.500. The lowest BCUT2D eigenvalue weighted by molar-refractivity contribution is -0.137. The van der Waals surface area contributed by atoms with Crippen molar-refractivity contribution < 1.29 is 9.90 Å². The fourth-order valence-corrected chi connectivity index (χ4v) is 2.20. The molecule has 0 aromatic carbocycles. The zero-order valence-electron chi connectivity index (χ0n) is 11.7. The number of nitrogens with zero attached hydrogens (tertiary/aromatic N) is 2. The van der Waals surface area contributed by atoms with E-state index in [1.807, 2.05) is 6.08 Å². The van der Waals surface area contributed by atoms with Crippen LogP contribution in [0.15, 0.2) is 29.3 Å². The average molecular weight is 277 g/mol. The van der Waals surface area contributed by atoms with Crippen molar-refractivity contribution in [1.82, 2.24) is 9.55 Å². The third-order valence-electron chi connectivity index (χ3n) is 3.42. The second-order valence-electron chi connectivity index (χ2n) is 5.74. The van der Waals surface area contributed by atoms with Crippen LogP contribution in [0.1, 0.15) is 26.7 Å². The molecule has 108 valence electrons. The molecule has 0 fully saturated rings. The highest BCUT2D eigenvalue weighted by Crippen LogP contribution is 2.30. The molecule has 20 heavy (non-hydrogen) atoms. The van der Waals surface area contributed by atoms with E-state index < -0.39 is 11.5 Å². The Balaban J connectivity index is 2.15. The topological polar surface area (TPSA) is 84.2 Å². The molecular formula is C14H19N3O3. The molecule has 0 amide bonds. The number of hydrogen-bond donors (Lipinski definition) is 2. The Labute approximate surface area is 117 Å². The van der Waals surface area contributed by atoms with E-state index >= 15 is 0 Å². The van der Waals surface area contributed by atoms with Crippen LogP contribution in [0.4, 0.5) is 5.82 Å². The number of rotatable bonds is 4. The number of carbonyl (C=O) groups is 1. The molecule has 1 aliphatic rings. The summed E-state index contributed by atoms with van der Waals surface area (Å²) < 4.78 is 1.13. The SMILES string of the molecule is CC1(C)C=CC(Nc2nccn(CC(=O)O)c2=O)CC1. The van der Waals surface area contributed by atoms with E-state index in [9.17, 15) is 9.59 Å². The second-order valence-corrected chi connectivity index (χ2v) is 5.74. The largest absolute Gasteiger partial charge is 0.480 e. The first kappa shape index (κ1) is 14.3. The number of carboxylic acid groups (broad SMARTS) is 1. The molecule has 6 nitrogen and oxygen atoms in total. The summed E-state index contributed by atoms with van der Waals surface area (Å²) in [6, 6.07) is 0.0592. The summed E-state index contributed by atoms with van der Waals surface area (Å²) in [5.41, 5.74) is -0.223. The predicted molar refractivity (Wildman–Crippen MR) is 75.7 cm³/mol. The zero-order valence-corrected chi connectivity index (χ0v) is 11.7. The number of anilines is 1. The first-order valence-corrected chi connectivity index (χ1v) is 6.60. The maximum atomic E-state index is 12.1. The third-order valence-corrected chi connectivity index (χ3v) is 3.42. The molecule has 1 aromatic rings. The molecule has 2 N–H and O–H groups in total. The lowest BCUT2D eigenvalue weighted by atomic mass is 9.81. The summed E-state index contributed by atoms with van der Waals surface area (Å²) in [5.74, 6) is -0.855. The molecule has 1 heterocycles. The van der Waals surface area contributed by atoms with E-state index in [1.165, 1.54) is 12.4 Å². The fourth-order valence-electron chi connectivity index (χ4n) is 2.20. The first-order chi connectivity index (χ1) is 9.37. The molecule has 6 heteroatoms. The van der Waals surface area contributed by atoms with Gasteiger partial charge in [0, 0.05) is 18.4 Å². The Morgan fingerprint density at radius 3 is 2.95 bits per heavy atom. The van der Waals surface area contributed by atoms with Gasteiger partial charge in [-0.15, -0.1) is 0 Å². The molecule has 1 atom stereocenters. The van der Waals surface area contributed by atoms with E-state index in [4.69, 9.17) is 5.11 Å². The van der Waals surface area contributed by atoms with Gasteiger partial charge in [-0.1, -0.05) is 26.0 Å². The lowest BCUT2D eigenvalue weighted by Gasteiger charge is -2.29. The van der Waals surface area contributed by atoms with Crippen molar-refractivity contribution in [2.24, 2.45) is 5.41 Å². The van der Waals surface area contributed by atoms with Crippen LogP contribution in [0.3, 0.4) is 0 Å². The van der Waals surface area contributed by atoms with Crippen molar-refractivity contribution in [3.05, 3.63) is 34.9 Å². The van der Waals surface area contributed by atoms with Gasteiger partial charge >= 0.3 is 5.97 Å². The van der Waals surface area contributed by atoms with Crippen LogP contribution in [0.5, 0.6) is 0 Å². The quantitative estimate of drug-likeness (QED) is 0.814. The predicted octanol–water partition coefficient (Wildman–Crippen LogP) is 1.48. The normalized spacial score (nSPS) is 20.6. The summed E-state index contributed by atoms with van der Waals surface area (Å²) in [4.78, 5) is 26.7. The Bertz CT molecular complexity index is 590. The Morgan fingerprint density at radius 1 is 1.60 bits per heavy atom. The van der Waals surface area contributed by atoms with Crippen LogP contribution < -0.4 is 10.9 Å². The van der Waals surface area contributed by atoms with Crippen molar-refractivity contribution in [1.29, 1.82) is 0 Å². The van der Waals surface area contributed by atoms with Crippen molar-refractivity contribution in [2.75, 3.05) is 5.32 Å². The number of aliphatic carboxylic acids is 1. The van der Waals surface area contributed by atoms with Crippen LogP contribution in [0.25, 0.3) is 0 Å². The summed E-state index contributed by atoms with van der Waals surface area (Å²) in [5, 5.41) is 11.8. The van der Waals surface area contributed by atoms with Gasteiger partial charge < -0.3 is 10.4 Å². The summed E-state index contributed by atoms with van der Waals surface area (Å²) in [6.07, 6.45) is 8.92. The minimum Gasteiger partial charge on any atom is -0.480 e. The van der Waals surface area contributed by atoms with Crippen molar-refractivity contribution >= 4 is 11.8 Å². The van der Waals surface area contributed by atoms with Gasteiger partial charge in [0.1, 0.15) is 6.54 Å². The minimum absolute atomic E-state index is 0.0592. The molecule has 1 unspecified atom stereocenters. The standard InChI is InChI=1S/C14H19N3O3/c1-14(2)5-3-10(4-6-14)16-12-13(20)17(8-7-15-12)9-11(18)19/h3,5,7-8,10H,4,6,9H2,1-2H3,(H,15,16)(H,18,19). The maximum Gasteiger partial charge on any atom is 0.323 e. The van der Waals surface area contributed by atoms with E-state index in [2.05, 4.69) is 30.2 Å². The molecule has 0 radical (unpaired) electrons. The lowest BCUT2D eigenvalue weighted by Crippen LogP contribution is -2.32. The average Bonchev–Trinajstić information content (AvgIpc) is 2.36. The van der Waals surface area contributed by atoms with Crippen LogP contribution in [-0.2, 0) is 11.3 Å². The van der Waals surface area contributed by atoms with E-state index in [1.54, 1.807) is 0 Å². The van der Waals surface area contributed by atoms with Gasteiger partial charge in [-0.25, -0.2) is 4.98 Å². The number of allylic oxidation sites excluding steroid dienone is 1. The van der Waals surface area contributed by atoms with Gasteiger partial charge in [-0.3, -0.25) is 14.2 Å². The van der Waals surface area contributed by atoms with E-state index in [-0.39, 0.29) is 23.8 Å². The third kappa shape index (κ3) is 3.46. The number of hydrogen-bond acceptors (Lipinski definition) is 4. The Kier molecular flexibility index (Phi) is 3.92. The molecule has 0 bridgehead atoms. The molecule has 1 aromatic heterocycles. The number of nitrogens with one attached hydrogen (secondary N) is 1. The Hall–Kier alpha value is -2.11. The first-order valence-electron chi connectivity index (χ1n) is 6.60. The molecule has 0 saturated heterocycles. The maximum absolute atomic E-state index is 12.1. The molecule has 0 aliphatic heterocycles. The van der Waals surface area contributed by atoms with Crippen LogP contribution in [0.2, 0.25) is 0 Å². The number of aromatic nitrogens is 2. The minimum atomic E-state index is -1.05. The highest BCUT2D eigenvalue weighted by molar-refractivity contribution is 5.66. The summed E-state index contributed by atoms with van der Waals surface area (Å²) >= 11 is 0. The molecular weight excluding hydrogens is 258 g/mol. The molecule has 0 saturated carbocycles. The van der Waals surface area contributed by atoms with E-state index in [0.29, 0.717) is 0 Å². The number of carboxylic acids is 1. The summed E-state index contributed by atoms with van der Waals surface area (Å²) in [6.45, 7) is 3.98. The highest BCUT2D eigenvalue weighted by atomic mass is 16.4.